The van der Waals surface area contributed by atoms with E-state index in [1.807, 2.05) is 24.3 Å². The highest BCUT2D eigenvalue weighted by Gasteiger charge is 2.01. The van der Waals surface area contributed by atoms with Crippen LogP contribution >= 0.6 is 0 Å². The molecule has 0 saturated heterocycles. The van der Waals surface area contributed by atoms with E-state index in [4.69, 9.17) is 19.3 Å². The number of ether oxygens (including phenoxy) is 3. The van der Waals surface area contributed by atoms with E-state index in [0.717, 1.165) is 11.3 Å². The third-order valence-electron chi connectivity index (χ3n) is 2.08. The lowest BCUT2D eigenvalue weighted by atomic mass is 10.1. The lowest BCUT2D eigenvalue weighted by Gasteiger charge is -2.10. The second kappa shape index (κ2) is 8.10. The summed E-state index contributed by atoms with van der Waals surface area (Å²) in [6.45, 7) is 1.39. The number of methoxy groups -OCH3 is 1. The molecule has 0 aromatic heterocycles. The van der Waals surface area contributed by atoms with E-state index in [2.05, 4.69) is 0 Å². The summed E-state index contributed by atoms with van der Waals surface area (Å²) in [6.07, 6.45) is 0.592. The van der Waals surface area contributed by atoms with Gasteiger partial charge in [-0.3, -0.25) is 0 Å². The number of hydrogen-bond acceptors (Lipinski definition) is 4. The zero-order valence-corrected chi connectivity index (χ0v) is 9.52. The van der Waals surface area contributed by atoms with Crippen molar-refractivity contribution >= 4 is 0 Å². The normalized spacial score (nSPS) is 10.4. The van der Waals surface area contributed by atoms with Crippen molar-refractivity contribution in [3.8, 4) is 5.75 Å². The van der Waals surface area contributed by atoms with Gasteiger partial charge in [0.15, 0.2) is 6.79 Å². The molecular formula is C12H18O4. The number of para-hydroxylation sites is 1. The van der Waals surface area contributed by atoms with Crippen LogP contribution in [0.15, 0.2) is 24.3 Å². The van der Waals surface area contributed by atoms with Crippen LogP contribution in [0.25, 0.3) is 0 Å². The number of rotatable bonds is 8. The van der Waals surface area contributed by atoms with E-state index in [0.29, 0.717) is 19.6 Å². The highest BCUT2D eigenvalue weighted by Crippen LogP contribution is 2.18. The van der Waals surface area contributed by atoms with Crippen LogP contribution in [0.2, 0.25) is 0 Å². The molecule has 0 atom stereocenters. The Morgan fingerprint density at radius 1 is 1.19 bits per heavy atom. The first-order chi connectivity index (χ1) is 7.88. The lowest BCUT2D eigenvalue weighted by molar-refractivity contribution is -0.00893. The van der Waals surface area contributed by atoms with Crippen molar-refractivity contribution in [3.63, 3.8) is 0 Å². The highest BCUT2D eigenvalue weighted by atomic mass is 16.7. The second-order valence-corrected chi connectivity index (χ2v) is 3.24. The first kappa shape index (κ1) is 13.0. The Bertz CT molecular complexity index is 288. The third-order valence-corrected chi connectivity index (χ3v) is 2.08. The molecular weight excluding hydrogens is 208 g/mol. The average Bonchev–Trinajstić information content (AvgIpc) is 2.31. The summed E-state index contributed by atoms with van der Waals surface area (Å²) in [5, 5.41) is 8.88. The van der Waals surface area contributed by atoms with Crippen LogP contribution in [0.3, 0.4) is 0 Å². The van der Waals surface area contributed by atoms with Crippen molar-refractivity contribution < 1.29 is 19.3 Å². The smallest absolute Gasteiger partial charge is 0.189 e. The summed E-state index contributed by atoms with van der Waals surface area (Å²) in [7, 11) is 1.63. The maximum Gasteiger partial charge on any atom is 0.189 e. The van der Waals surface area contributed by atoms with Crippen molar-refractivity contribution in [3.05, 3.63) is 29.8 Å². The van der Waals surface area contributed by atoms with Gasteiger partial charge in [0.05, 0.1) is 13.2 Å². The predicted octanol–water partition coefficient (Wildman–Crippen LogP) is 1.22. The maximum absolute atomic E-state index is 8.88. The van der Waals surface area contributed by atoms with Gasteiger partial charge in [0.1, 0.15) is 5.75 Å². The molecule has 0 amide bonds. The van der Waals surface area contributed by atoms with E-state index >= 15 is 0 Å². The Hall–Kier alpha value is -1.10. The maximum atomic E-state index is 8.88. The molecule has 0 heterocycles. The van der Waals surface area contributed by atoms with Gasteiger partial charge in [-0.25, -0.2) is 0 Å². The molecule has 1 aromatic rings. The van der Waals surface area contributed by atoms with E-state index < -0.39 is 0 Å². The molecule has 90 valence electrons. The minimum absolute atomic E-state index is 0.116. The van der Waals surface area contributed by atoms with E-state index in [1.165, 1.54) is 0 Å². The Morgan fingerprint density at radius 2 is 2.00 bits per heavy atom. The molecule has 1 aromatic carbocycles. The Balaban J connectivity index is 2.34. The van der Waals surface area contributed by atoms with Gasteiger partial charge in [0.2, 0.25) is 0 Å². The zero-order chi connectivity index (χ0) is 11.6. The molecule has 16 heavy (non-hydrogen) atoms. The van der Waals surface area contributed by atoms with Crippen molar-refractivity contribution in [2.24, 2.45) is 0 Å². The summed E-state index contributed by atoms with van der Waals surface area (Å²) in [4.78, 5) is 0. The molecule has 1 N–H and O–H groups in total. The number of hydrogen-bond donors (Lipinski definition) is 1. The molecule has 0 spiro atoms. The molecule has 0 unspecified atom stereocenters. The van der Waals surface area contributed by atoms with Gasteiger partial charge in [-0.05, 0) is 18.1 Å². The van der Waals surface area contributed by atoms with Crippen molar-refractivity contribution in [2.45, 2.75) is 6.42 Å². The molecule has 0 radical (unpaired) electrons. The molecule has 0 aliphatic rings. The number of aliphatic hydroxyl groups excluding tert-OH is 1. The highest BCUT2D eigenvalue weighted by molar-refractivity contribution is 5.33. The van der Waals surface area contributed by atoms with Crippen molar-refractivity contribution in [2.75, 3.05) is 33.7 Å². The predicted molar refractivity (Wildman–Crippen MR) is 60.6 cm³/mol. The summed E-state index contributed by atoms with van der Waals surface area (Å²) in [5.74, 6) is 0.758. The molecule has 1 rings (SSSR count). The summed E-state index contributed by atoms with van der Waals surface area (Å²) in [6, 6.07) is 7.61. The minimum Gasteiger partial charge on any atom is -0.467 e. The second-order valence-electron chi connectivity index (χ2n) is 3.24. The van der Waals surface area contributed by atoms with Gasteiger partial charge in [-0.15, -0.1) is 0 Å². The molecule has 0 bridgehead atoms. The molecule has 0 saturated carbocycles. The molecule has 0 fully saturated rings. The fourth-order valence-electron chi connectivity index (χ4n) is 1.28. The first-order valence-corrected chi connectivity index (χ1v) is 5.26. The monoisotopic (exact) mass is 226 g/mol. The Labute approximate surface area is 95.8 Å². The van der Waals surface area contributed by atoms with E-state index in [-0.39, 0.29) is 13.4 Å². The van der Waals surface area contributed by atoms with Gasteiger partial charge in [-0.2, -0.15) is 0 Å². The van der Waals surface area contributed by atoms with Gasteiger partial charge in [0.25, 0.3) is 0 Å². The van der Waals surface area contributed by atoms with Crippen LogP contribution in [-0.2, 0) is 15.9 Å². The minimum atomic E-state index is 0.116. The molecule has 4 nitrogen and oxygen atoms in total. The van der Waals surface area contributed by atoms with Crippen LogP contribution < -0.4 is 4.74 Å². The zero-order valence-electron chi connectivity index (χ0n) is 9.52. The SMILES string of the molecule is COCCOCOc1ccccc1CCO. The van der Waals surface area contributed by atoms with Crippen LogP contribution in [0.1, 0.15) is 5.56 Å². The Morgan fingerprint density at radius 3 is 2.75 bits per heavy atom. The fraction of sp³-hybridized carbons (Fsp3) is 0.500. The van der Waals surface area contributed by atoms with Gasteiger partial charge in [-0.1, -0.05) is 18.2 Å². The fourth-order valence-corrected chi connectivity index (χ4v) is 1.28. The lowest BCUT2D eigenvalue weighted by Crippen LogP contribution is -2.09. The van der Waals surface area contributed by atoms with Crippen LogP contribution in [0.4, 0.5) is 0 Å². The topological polar surface area (TPSA) is 47.9 Å². The van der Waals surface area contributed by atoms with Crippen molar-refractivity contribution in [1.82, 2.24) is 0 Å². The van der Waals surface area contributed by atoms with Crippen LogP contribution in [-0.4, -0.2) is 38.8 Å². The first-order valence-electron chi connectivity index (χ1n) is 5.26. The van der Waals surface area contributed by atoms with Crippen LogP contribution in [0, 0.1) is 0 Å². The summed E-state index contributed by atoms with van der Waals surface area (Å²) in [5.41, 5.74) is 0.986. The standard InChI is InChI=1S/C12H18O4/c1-14-8-9-15-10-16-12-5-3-2-4-11(12)6-7-13/h2-5,13H,6-10H2,1H3. The molecule has 4 heteroatoms. The molecule has 0 aliphatic heterocycles. The van der Waals surface area contributed by atoms with E-state index in [1.54, 1.807) is 7.11 Å². The van der Waals surface area contributed by atoms with E-state index in [9.17, 15) is 0 Å². The number of aliphatic hydroxyl groups is 1. The molecule has 0 aliphatic carbocycles. The summed E-state index contributed by atoms with van der Waals surface area (Å²) < 4.78 is 15.5. The van der Waals surface area contributed by atoms with Gasteiger partial charge < -0.3 is 19.3 Å². The van der Waals surface area contributed by atoms with Gasteiger partial charge in [0, 0.05) is 13.7 Å². The Kier molecular flexibility index (Phi) is 6.56. The third kappa shape index (κ3) is 4.61. The van der Waals surface area contributed by atoms with Crippen molar-refractivity contribution in [1.29, 1.82) is 0 Å². The largest absolute Gasteiger partial charge is 0.467 e. The van der Waals surface area contributed by atoms with Gasteiger partial charge >= 0.3 is 0 Å². The quantitative estimate of drug-likeness (QED) is 0.535. The summed E-state index contributed by atoms with van der Waals surface area (Å²) >= 11 is 0. The average molecular weight is 226 g/mol. The number of benzene rings is 1. The van der Waals surface area contributed by atoms with Crippen LogP contribution in [0.5, 0.6) is 5.75 Å².